The van der Waals surface area contributed by atoms with Crippen LogP contribution in [0.4, 0.5) is 5.69 Å². The number of nitrogens with zero attached hydrogens (tertiary/aromatic N) is 3. The van der Waals surface area contributed by atoms with Crippen LogP contribution in [0, 0.1) is 5.92 Å². The van der Waals surface area contributed by atoms with Crippen LogP contribution in [-0.4, -0.2) is 71.8 Å². The molecular formula is C27H35N3O5. The first kappa shape index (κ1) is 23.8. The molecule has 1 saturated carbocycles. The summed E-state index contributed by atoms with van der Waals surface area (Å²) in [7, 11) is 0. The summed E-state index contributed by atoms with van der Waals surface area (Å²) in [5, 5.41) is 0. The van der Waals surface area contributed by atoms with Crippen molar-refractivity contribution in [1.29, 1.82) is 0 Å². The summed E-state index contributed by atoms with van der Waals surface area (Å²) >= 11 is 0. The minimum absolute atomic E-state index is 0.00972. The first-order chi connectivity index (χ1) is 17.0. The van der Waals surface area contributed by atoms with Gasteiger partial charge in [0.15, 0.2) is 0 Å². The maximum Gasteiger partial charge on any atom is 0.328 e. The van der Waals surface area contributed by atoms with Crippen molar-refractivity contribution >= 4 is 29.4 Å². The third-order valence-corrected chi connectivity index (χ3v) is 8.14. The van der Waals surface area contributed by atoms with Crippen molar-refractivity contribution < 1.29 is 23.9 Å². The minimum Gasteiger partial charge on any atom is -0.464 e. The summed E-state index contributed by atoms with van der Waals surface area (Å²) < 4.78 is 5.23. The van der Waals surface area contributed by atoms with Crippen LogP contribution in [0.15, 0.2) is 18.2 Å². The van der Waals surface area contributed by atoms with Crippen molar-refractivity contribution in [1.82, 2.24) is 9.80 Å². The van der Waals surface area contributed by atoms with E-state index in [0.717, 1.165) is 44.2 Å². The molecule has 3 heterocycles. The third-order valence-electron chi connectivity index (χ3n) is 8.14. The Kier molecular flexibility index (Phi) is 6.80. The minimum atomic E-state index is -0.475. The lowest BCUT2D eigenvalue weighted by atomic mass is 9.91. The van der Waals surface area contributed by atoms with Crippen molar-refractivity contribution in [2.75, 3.05) is 31.1 Å². The summed E-state index contributed by atoms with van der Waals surface area (Å²) in [6, 6.07) is 5.07. The Balaban J connectivity index is 1.28. The average molecular weight is 482 g/mol. The number of carbonyl (C=O) groups is 4. The van der Waals surface area contributed by atoms with E-state index in [1.807, 2.05) is 12.1 Å². The van der Waals surface area contributed by atoms with Crippen LogP contribution < -0.4 is 4.90 Å². The number of benzene rings is 1. The van der Waals surface area contributed by atoms with Gasteiger partial charge in [0.05, 0.1) is 23.4 Å². The van der Waals surface area contributed by atoms with E-state index < -0.39 is 6.04 Å². The van der Waals surface area contributed by atoms with Gasteiger partial charge in [0.1, 0.15) is 6.04 Å². The summed E-state index contributed by atoms with van der Waals surface area (Å²) in [5.74, 6) is -0.743. The van der Waals surface area contributed by atoms with Gasteiger partial charge in [-0.05, 0) is 64.0 Å². The Morgan fingerprint density at radius 2 is 1.63 bits per heavy atom. The molecule has 5 rings (SSSR count). The van der Waals surface area contributed by atoms with Crippen molar-refractivity contribution in [2.45, 2.75) is 76.8 Å². The van der Waals surface area contributed by atoms with E-state index in [1.54, 1.807) is 17.9 Å². The maximum absolute atomic E-state index is 13.4. The number of imide groups is 1. The normalized spacial score (nSPS) is 23.7. The second-order valence-electron chi connectivity index (χ2n) is 10.2. The largest absolute Gasteiger partial charge is 0.464 e. The summed E-state index contributed by atoms with van der Waals surface area (Å²) in [5.41, 5.74) is 1.82. The van der Waals surface area contributed by atoms with E-state index >= 15 is 0 Å². The zero-order valence-electron chi connectivity index (χ0n) is 20.5. The highest BCUT2D eigenvalue weighted by molar-refractivity contribution is 6.24. The molecule has 0 spiro atoms. The SMILES string of the molecule is CCOC(=O)[C@H]1CCCCN1C(=O)C1CCN(c2cccc3c2C(=O)N(C2CCCC2)C3=O)CC1. The number of piperidine rings is 2. The molecule has 4 aliphatic rings. The molecule has 0 aromatic heterocycles. The topological polar surface area (TPSA) is 87.2 Å². The predicted molar refractivity (Wildman–Crippen MR) is 130 cm³/mol. The van der Waals surface area contributed by atoms with Crippen molar-refractivity contribution in [3.8, 4) is 0 Å². The smallest absolute Gasteiger partial charge is 0.328 e. The van der Waals surface area contributed by atoms with Crippen LogP contribution in [0.1, 0.15) is 85.4 Å². The molecule has 8 heteroatoms. The molecule has 188 valence electrons. The molecule has 3 fully saturated rings. The number of amides is 3. The fourth-order valence-electron chi connectivity index (χ4n) is 6.32. The predicted octanol–water partition coefficient (Wildman–Crippen LogP) is 3.39. The molecule has 3 aliphatic heterocycles. The molecule has 2 saturated heterocycles. The number of rotatable bonds is 5. The third kappa shape index (κ3) is 4.32. The zero-order chi connectivity index (χ0) is 24.5. The quantitative estimate of drug-likeness (QED) is 0.473. The van der Waals surface area contributed by atoms with Gasteiger partial charge in [-0.15, -0.1) is 0 Å². The summed E-state index contributed by atoms with van der Waals surface area (Å²) in [4.78, 5) is 57.6. The van der Waals surface area contributed by atoms with Crippen LogP contribution >= 0.6 is 0 Å². The number of hydrogen-bond acceptors (Lipinski definition) is 6. The molecule has 1 aromatic carbocycles. The first-order valence-electron chi connectivity index (χ1n) is 13.2. The van der Waals surface area contributed by atoms with Crippen molar-refractivity contribution in [2.24, 2.45) is 5.92 Å². The lowest BCUT2D eigenvalue weighted by Gasteiger charge is -2.39. The standard InChI is InChI=1S/C27H35N3O5/c1-2-35-27(34)22-11-5-6-15-29(22)24(31)18-13-16-28(17-14-18)21-12-7-10-20-23(21)26(33)30(25(20)32)19-8-3-4-9-19/h7,10,12,18-19,22H,2-6,8-9,11,13-17H2,1H3/t22-/m1/s1. The Labute approximate surface area is 206 Å². The zero-order valence-corrected chi connectivity index (χ0v) is 20.5. The van der Waals surface area contributed by atoms with Crippen LogP contribution in [0.3, 0.4) is 0 Å². The van der Waals surface area contributed by atoms with Gasteiger partial charge in [-0.1, -0.05) is 18.9 Å². The Bertz CT molecular complexity index is 1010. The fourth-order valence-corrected chi connectivity index (χ4v) is 6.32. The summed E-state index contributed by atoms with van der Waals surface area (Å²) in [6.07, 6.45) is 7.69. The van der Waals surface area contributed by atoms with Crippen LogP contribution in [-0.2, 0) is 14.3 Å². The molecule has 35 heavy (non-hydrogen) atoms. The van der Waals surface area contributed by atoms with E-state index in [1.165, 1.54) is 4.90 Å². The van der Waals surface area contributed by atoms with E-state index in [2.05, 4.69) is 4.90 Å². The van der Waals surface area contributed by atoms with Crippen molar-refractivity contribution in [3.63, 3.8) is 0 Å². The van der Waals surface area contributed by atoms with E-state index in [0.29, 0.717) is 56.6 Å². The second kappa shape index (κ2) is 9.99. The molecule has 8 nitrogen and oxygen atoms in total. The highest BCUT2D eigenvalue weighted by Gasteiger charge is 2.43. The molecule has 0 unspecified atom stereocenters. The lowest BCUT2D eigenvalue weighted by molar-refractivity contribution is -0.158. The van der Waals surface area contributed by atoms with Crippen LogP contribution in [0.5, 0.6) is 0 Å². The highest BCUT2D eigenvalue weighted by Crippen LogP contribution is 2.37. The summed E-state index contributed by atoms with van der Waals surface area (Å²) in [6.45, 7) is 3.97. The maximum atomic E-state index is 13.4. The van der Waals surface area contributed by atoms with Gasteiger partial charge in [-0.3, -0.25) is 19.3 Å². The molecule has 1 atom stereocenters. The molecule has 0 bridgehead atoms. The Hall–Kier alpha value is -2.90. The van der Waals surface area contributed by atoms with Gasteiger partial charge in [-0.25, -0.2) is 4.79 Å². The number of hydrogen-bond donors (Lipinski definition) is 0. The molecular weight excluding hydrogens is 446 g/mol. The second-order valence-corrected chi connectivity index (χ2v) is 10.2. The van der Waals surface area contributed by atoms with Crippen molar-refractivity contribution in [3.05, 3.63) is 29.3 Å². The fraction of sp³-hybridized carbons (Fsp3) is 0.630. The van der Waals surface area contributed by atoms with Gasteiger partial charge in [0.2, 0.25) is 5.91 Å². The molecule has 0 radical (unpaired) electrons. The number of esters is 1. The monoisotopic (exact) mass is 481 g/mol. The number of fused-ring (bicyclic) bond motifs is 1. The van der Waals surface area contributed by atoms with Gasteiger partial charge >= 0.3 is 5.97 Å². The molecule has 3 amide bonds. The number of ether oxygens (including phenoxy) is 1. The van der Waals surface area contributed by atoms with E-state index in [9.17, 15) is 19.2 Å². The Morgan fingerprint density at radius 1 is 0.914 bits per heavy atom. The van der Waals surface area contributed by atoms with Crippen LogP contribution in [0.25, 0.3) is 0 Å². The van der Waals surface area contributed by atoms with Gasteiger partial charge < -0.3 is 14.5 Å². The number of likely N-dealkylation sites (tertiary alicyclic amines) is 1. The molecule has 1 aliphatic carbocycles. The van der Waals surface area contributed by atoms with Gasteiger partial charge in [0, 0.05) is 31.6 Å². The molecule has 0 N–H and O–H groups in total. The van der Waals surface area contributed by atoms with Gasteiger partial charge in [-0.2, -0.15) is 0 Å². The van der Waals surface area contributed by atoms with E-state index in [-0.39, 0.29) is 35.7 Å². The van der Waals surface area contributed by atoms with Crippen LogP contribution in [0.2, 0.25) is 0 Å². The average Bonchev–Trinajstić information content (AvgIpc) is 3.50. The van der Waals surface area contributed by atoms with Gasteiger partial charge in [0.25, 0.3) is 11.8 Å². The Morgan fingerprint density at radius 3 is 2.34 bits per heavy atom. The molecule has 1 aromatic rings. The highest BCUT2D eigenvalue weighted by atomic mass is 16.5. The number of carbonyl (C=O) groups excluding carboxylic acids is 4. The first-order valence-corrected chi connectivity index (χ1v) is 13.2. The van der Waals surface area contributed by atoms with E-state index in [4.69, 9.17) is 4.74 Å². The lowest BCUT2D eigenvalue weighted by Crippen LogP contribution is -2.52. The number of anilines is 1.